The lowest BCUT2D eigenvalue weighted by Gasteiger charge is -2.14. The van der Waals surface area contributed by atoms with Crippen molar-refractivity contribution in [3.8, 4) is 0 Å². The molecule has 102 valence electrons. The average molecular weight is 284 g/mol. The molecule has 3 aromatic rings. The van der Waals surface area contributed by atoms with Crippen molar-refractivity contribution in [1.82, 2.24) is 9.36 Å². The smallest absolute Gasteiger partial charge is 0.0800 e. The van der Waals surface area contributed by atoms with E-state index in [9.17, 15) is 5.11 Å². The van der Waals surface area contributed by atoms with Crippen LogP contribution >= 0.6 is 11.5 Å². The number of para-hydroxylation sites is 1. The zero-order valence-electron chi connectivity index (χ0n) is 11.3. The minimum Gasteiger partial charge on any atom is -0.388 e. The van der Waals surface area contributed by atoms with Crippen molar-refractivity contribution < 1.29 is 5.11 Å². The molecule has 0 aliphatic rings. The van der Waals surface area contributed by atoms with E-state index in [-0.39, 0.29) is 0 Å². The Bertz CT molecular complexity index is 710. The molecular formula is C16H16N2OS. The van der Waals surface area contributed by atoms with Crippen molar-refractivity contribution in [2.75, 3.05) is 0 Å². The molecule has 4 heteroatoms. The van der Waals surface area contributed by atoms with Crippen LogP contribution in [0, 0.1) is 6.92 Å². The van der Waals surface area contributed by atoms with Crippen molar-refractivity contribution in [3.63, 3.8) is 0 Å². The van der Waals surface area contributed by atoms with E-state index in [0.717, 1.165) is 28.6 Å². The van der Waals surface area contributed by atoms with E-state index < -0.39 is 6.10 Å². The summed E-state index contributed by atoms with van der Waals surface area (Å²) >= 11 is 1.49. The third kappa shape index (κ3) is 2.71. The van der Waals surface area contributed by atoms with Gasteiger partial charge in [-0.15, -0.1) is 0 Å². The highest BCUT2D eigenvalue weighted by Crippen LogP contribution is 2.27. The van der Waals surface area contributed by atoms with Crippen LogP contribution in [0.15, 0.2) is 42.6 Å². The number of pyridine rings is 1. The lowest BCUT2D eigenvalue weighted by molar-refractivity contribution is 0.169. The first-order valence-corrected chi connectivity index (χ1v) is 7.45. The number of hydrogen-bond acceptors (Lipinski definition) is 4. The Balaban J connectivity index is 1.88. The highest BCUT2D eigenvalue weighted by atomic mass is 32.1. The summed E-state index contributed by atoms with van der Waals surface area (Å²) in [7, 11) is 0. The van der Waals surface area contributed by atoms with Gasteiger partial charge in [-0.2, -0.15) is 0 Å². The molecule has 1 atom stereocenters. The first kappa shape index (κ1) is 13.2. The molecule has 0 aliphatic carbocycles. The Labute approximate surface area is 122 Å². The van der Waals surface area contributed by atoms with Crippen LogP contribution in [-0.4, -0.2) is 14.5 Å². The van der Waals surface area contributed by atoms with Crippen molar-refractivity contribution in [3.05, 3.63) is 58.7 Å². The predicted octanol–water partition coefficient (Wildman–Crippen LogP) is 3.67. The number of hydrogen-bond donors (Lipinski definition) is 1. The van der Waals surface area contributed by atoms with Crippen molar-refractivity contribution >= 4 is 22.4 Å². The van der Waals surface area contributed by atoms with Gasteiger partial charge in [-0.25, -0.2) is 4.37 Å². The van der Waals surface area contributed by atoms with E-state index in [0.29, 0.717) is 6.42 Å². The number of benzene rings is 1. The topological polar surface area (TPSA) is 46.0 Å². The largest absolute Gasteiger partial charge is 0.388 e. The van der Waals surface area contributed by atoms with E-state index in [1.807, 2.05) is 43.3 Å². The maximum Gasteiger partial charge on any atom is 0.0800 e. The molecule has 20 heavy (non-hydrogen) atoms. The number of nitrogens with zero attached hydrogens (tertiary/aromatic N) is 2. The van der Waals surface area contributed by atoms with Gasteiger partial charge in [-0.1, -0.05) is 18.2 Å². The summed E-state index contributed by atoms with van der Waals surface area (Å²) in [6.45, 7) is 1.96. The highest BCUT2D eigenvalue weighted by molar-refractivity contribution is 7.05. The summed E-state index contributed by atoms with van der Waals surface area (Å²) < 4.78 is 4.09. The van der Waals surface area contributed by atoms with E-state index >= 15 is 0 Å². The first-order valence-electron chi connectivity index (χ1n) is 6.68. The fraction of sp³-hybridized carbons (Fsp3) is 0.250. The summed E-state index contributed by atoms with van der Waals surface area (Å²) in [4.78, 5) is 5.72. The molecule has 0 radical (unpaired) electrons. The van der Waals surface area contributed by atoms with Gasteiger partial charge in [0, 0.05) is 22.2 Å². The maximum atomic E-state index is 10.5. The summed E-state index contributed by atoms with van der Waals surface area (Å²) in [6.07, 6.45) is 2.89. The van der Waals surface area contributed by atoms with Gasteiger partial charge < -0.3 is 5.11 Å². The second kappa shape index (κ2) is 5.69. The molecule has 0 spiro atoms. The minimum atomic E-state index is -0.469. The lowest BCUT2D eigenvalue weighted by atomic mass is 9.99. The highest BCUT2D eigenvalue weighted by Gasteiger charge is 2.13. The van der Waals surface area contributed by atoms with E-state index in [2.05, 4.69) is 9.36 Å². The number of aromatic nitrogens is 2. The molecular weight excluding hydrogens is 268 g/mol. The normalized spacial score (nSPS) is 12.7. The van der Waals surface area contributed by atoms with Gasteiger partial charge in [-0.3, -0.25) is 4.98 Å². The minimum absolute atomic E-state index is 0.469. The molecule has 3 nitrogen and oxygen atoms in total. The SMILES string of the molecule is Cc1cc(C(O)CCc2ccns2)c2ccccc2n1. The van der Waals surface area contributed by atoms with Crippen LogP contribution in [0.5, 0.6) is 0 Å². The van der Waals surface area contributed by atoms with Crippen LogP contribution in [0.3, 0.4) is 0 Å². The summed E-state index contributed by atoms with van der Waals surface area (Å²) in [5.74, 6) is 0. The molecule has 1 N–H and O–H groups in total. The van der Waals surface area contributed by atoms with E-state index in [4.69, 9.17) is 0 Å². The zero-order chi connectivity index (χ0) is 13.9. The molecule has 0 saturated carbocycles. The fourth-order valence-corrected chi connectivity index (χ4v) is 3.01. The average Bonchev–Trinajstić information content (AvgIpc) is 2.97. The second-order valence-electron chi connectivity index (χ2n) is 4.90. The van der Waals surface area contributed by atoms with Crippen molar-refractivity contribution in [2.24, 2.45) is 0 Å². The lowest BCUT2D eigenvalue weighted by Crippen LogP contribution is -2.02. The first-order chi connectivity index (χ1) is 9.74. The summed E-state index contributed by atoms with van der Waals surface area (Å²) in [6, 6.07) is 12.0. The Hall–Kier alpha value is -1.78. The van der Waals surface area contributed by atoms with Gasteiger partial charge >= 0.3 is 0 Å². The summed E-state index contributed by atoms with van der Waals surface area (Å²) in [5, 5.41) is 11.5. The predicted molar refractivity (Wildman–Crippen MR) is 81.9 cm³/mol. The Morgan fingerprint density at radius 1 is 1.25 bits per heavy atom. The quantitative estimate of drug-likeness (QED) is 0.795. The monoisotopic (exact) mass is 284 g/mol. The molecule has 0 fully saturated rings. The number of fused-ring (bicyclic) bond motifs is 1. The van der Waals surface area contributed by atoms with E-state index in [1.54, 1.807) is 6.20 Å². The number of aryl methyl sites for hydroxylation is 2. The third-order valence-corrected chi connectivity index (χ3v) is 4.19. The van der Waals surface area contributed by atoms with Gasteiger partial charge in [0.1, 0.15) is 0 Å². The zero-order valence-corrected chi connectivity index (χ0v) is 12.1. The Morgan fingerprint density at radius 3 is 2.90 bits per heavy atom. The van der Waals surface area contributed by atoms with Gasteiger partial charge in [0.15, 0.2) is 0 Å². The Morgan fingerprint density at radius 2 is 2.10 bits per heavy atom. The molecule has 1 aromatic carbocycles. The molecule has 0 aliphatic heterocycles. The van der Waals surface area contributed by atoms with Crippen molar-refractivity contribution in [1.29, 1.82) is 0 Å². The standard InChI is InChI=1S/C16H16N2OS/c1-11-10-14(13-4-2-3-5-15(13)18-11)16(19)7-6-12-8-9-17-20-12/h2-5,8-10,16,19H,6-7H2,1H3. The van der Waals surface area contributed by atoms with Gasteiger partial charge in [-0.05, 0) is 55.1 Å². The third-order valence-electron chi connectivity index (χ3n) is 3.39. The molecule has 2 heterocycles. The molecule has 1 unspecified atom stereocenters. The second-order valence-corrected chi connectivity index (χ2v) is 5.82. The van der Waals surface area contributed by atoms with Crippen molar-refractivity contribution in [2.45, 2.75) is 25.9 Å². The Kier molecular flexibility index (Phi) is 3.76. The van der Waals surface area contributed by atoms with Crippen LogP contribution in [0.1, 0.15) is 28.7 Å². The van der Waals surface area contributed by atoms with Crippen LogP contribution in [-0.2, 0) is 6.42 Å². The van der Waals surface area contributed by atoms with Gasteiger partial charge in [0.25, 0.3) is 0 Å². The molecule has 0 bridgehead atoms. The number of aliphatic hydroxyl groups excluding tert-OH is 1. The van der Waals surface area contributed by atoms with Crippen LogP contribution in [0.2, 0.25) is 0 Å². The van der Waals surface area contributed by atoms with Gasteiger partial charge in [0.2, 0.25) is 0 Å². The van der Waals surface area contributed by atoms with Gasteiger partial charge in [0.05, 0.1) is 11.6 Å². The molecule has 0 saturated heterocycles. The number of aliphatic hydroxyl groups is 1. The number of rotatable bonds is 4. The molecule has 3 rings (SSSR count). The molecule has 0 amide bonds. The molecule has 2 aromatic heterocycles. The van der Waals surface area contributed by atoms with E-state index in [1.165, 1.54) is 16.4 Å². The van der Waals surface area contributed by atoms with Crippen LogP contribution < -0.4 is 0 Å². The fourth-order valence-electron chi connectivity index (χ4n) is 2.42. The maximum absolute atomic E-state index is 10.5. The van der Waals surface area contributed by atoms with Crippen LogP contribution in [0.25, 0.3) is 10.9 Å². The summed E-state index contributed by atoms with van der Waals surface area (Å²) in [5.41, 5.74) is 2.85. The van der Waals surface area contributed by atoms with Crippen LogP contribution in [0.4, 0.5) is 0 Å².